The molecule has 1 aliphatic rings. The smallest absolute Gasteiger partial charge is 0.230 e. The van der Waals surface area contributed by atoms with Gasteiger partial charge in [0, 0.05) is 12.6 Å². The Morgan fingerprint density at radius 2 is 2.41 bits per heavy atom. The Kier molecular flexibility index (Phi) is 4.33. The molecule has 22 heavy (non-hydrogen) atoms. The number of hydrogen-bond donors (Lipinski definition) is 1. The summed E-state index contributed by atoms with van der Waals surface area (Å²) in [6, 6.07) is 2.25. The lowest BCUT2D eigenvalue weighted by Crippen LogP contribution is -2.27. The van der Waals surface area contributed by atoms with Crippen molar-refractivity contribution in [2.45, 2.75) is 37.5 Å². The molecule has 2 aromatic heterocycles. The molecule has 1 N–H and O–H groups in total. The first kappa shape index (κ1) is 14.9. The number of rotatable bonds is 7. The van der Waals surface area contributed by atoms with Gasteiger partial charge in [0.15, 0.2) is 11.0 Å². The molecule has 0 bridgehead atoms. The molecule has 1 aliphatic carbocycles. The summed E-state index contributed by atoms with van der Waals surface area (Å²) in [5.41, 5.74) is 0.906. The second kappa shape index (κ2) is 6.39. The average Bonchev–Trinajstić information content (AvgIpc) is 3.06. The Hall–Kier alpha value is -2.02. The Balaban J connectivity index is 1.75. The highest BCUT2D eigenvalue weighted by atomic mass is 32.2. The maximum atomic E-state index is 11.8. The summed E-state index contributed by atoms with van der Waals surface area (Å²) >= 11 is 1.39. The van der Waals surface area contributed by atoms with E-state index in [9.17, 15) is 4.79 Å². The number of nitrogens with one attached hydrogen (secondary N) is 1. The summed E-state index contributed by atoms with van der Waals surface area (Å²) in [6.07, 6.45) is 5.60. The van der Waals surface area contributed by atoms with Crippen LogP contribution >= 0.6 is 11.8 Å². The lowest BCUT2D eigenvalue weighted by atomic mass is 10.2. The van der Waals surface area contributed by atoms with E-state index in [-0.39, 0.29) is 5.91 Å². The van der Waals surface area contributed by atoms with Crippen LogP contribution in [-0.2, 0) is 11.3 Å². The first-order valence-corrected chi connectivity index (χ1v) is 8.18. The van der Waals surface area contributed by atoms with Gasteiger partial charge >= 0.3 is 0 Å². The molecule has 1 saturated carbocycles. The number of furan rings is 1. The van der Waals surface area contributed by atoms with Crippen molar-refractivity contribution >= 4 is 17.7 Å². The van der Waals surface area contributed by atoms with E-state index >= 15 is 0 Å². The molecular weight excluding hydrogens is 300 g/mol. The number of allylic oxidation sites excluding steroid dienone is 1. The van der Waals surface area contributed by atoms with Gasteiger partial charge in [-0.2, -0.15) is 0 Å². The van der Waals surface area contributed by atoms with Crippen LogP contribution in [0.15, 0.2) is 34.6 Å². The van der Waals surface area contributed by atoms with E-state index < -0.39 is 0 Å². The molecule has 6 nitrogen and oxygen atoms in total. The van der Waals surface area contributed by atoms with Gasteiger partial charge in [0.05, 0.1) is 17.6 Å². The third-order valence-electron chi connectivity index (χ3n) is 3.40. The van der Waals surface area contributed by atoms with Crippen LogP contribution in [0.1, 0.15) is 18.6 Å². The maximum Gasteiger partial charge on any atom is 0.230 e. The standard InChI is InChI=1S/C15H18N4O2S/c1-3-7-19-14(12-6-8-21-10(12)2)17-18-15(19)22-9-13(20)16-11-4-5-11/h3,6,8,11H,1,4-5,7,9H2,2H3,(H,16,20). The number of carbonyl (C=O) groups is 1. The second-order valence-electron chi connectivity index (χ2n) is 5.23. The van der Waals surface area contributed by atoms with Gasteiger partial charge in [-0.1, -0.05) is 17.8 Å². The molecule has 1 fully saturated rings. The van der Waals surface area contributed by atoms with Crippen molar-refractivity contribution < 1.29 is 9.21 Å². The first-order chi connectivity index (χ1) is 10.7. The fourth-order valence-corrected chi connectivity index (χ4v) is 2.89. The lowest BCUT2D eigenvalue weighted by Gasteiger charge is -2.07. The van der Waals surface area contributed by atoms with Crippen LogP contribution in [-0.4, -0.2) is 32.5 Å². The Labute approximate surface area is 133 Å². The minimum atomic E-state index is 0.0432. The molecule has 0 saturated heterocycles. The zero-order valence-corrected chi connectivity index (χ0v) is 13.2. The van der Waals surface area contributed by atoms with Crippen molar-refractivity contribution in [2.75, 3.05) is 5.75 Å². The minimum absolute atomic E-state index is 0.0432. The summed E-state index contributed by atoms with van der Waals surface area (Å²) < 4.78 is 7.28. The minimum Gasteiger partial charge on any atom is -0.469 e. The number of aromatic nitrogens is 3. The number of amides is 1. The predicted molar refractivity (Wildman–Crippen MR) is 84.5 cm³/mol. The molecule has 0 atom stereocenters. The third kappa shape index (κ3) is 3.24. The highest BCUT2D eigenvalue weighted by Gasteiger charge is 2.24. The first-order valence-electron chi connectivity index (χ1n) is 7.19. The van der Waals surface area contributed by atoms with E-state index in [1.165, 1.54) is 11.8 Å². The van der Waals surface area contributed by atoms with Crippen molar-refractivity contribution in [3.8, 4) is 11.4 Å². The molecule has 116 valence electrons. The number of thioether (sulfide) groups is 1. The van der Waals surface area contributed by atoms with Gasteiger partial charge < -0.3 is 9.73 Å². The molecule has 0 aromatic carbocycles. The molecule has 2 aromatic rings. The van der Waals surface area contributed by atoms with Gasteiger partial charge in [-0.25, -0.2) is 0 Å². The van der Waals surface area contributed by atoms with Crippen LogP contribution in [0.25, 0.3) is 11.4 Å². The Bertz CT molecular complexity index is 688. The number of nitrogens with zero attached hydrogens (tertiary/aromatic N) is 3. The number of aryl methyl sites for hydroxylation is 1. The van der Waals surface area contributed by atoms with Crippen LogP contribution in [0.4, 0.5) is 0 Å². The third-order valence-corrected chi connectivity index (χ3v) is 4.37. The fraction of sp³-hybridized carbons (Fsp3) is 0.400. The molecule has 0 spiro atoms. The Morgan fingerprint density at radius 3 is 3.05 bits per heavy atom. The summed E-state index contributed by atoms with van der Waals surface area (Å²) in [5.74, 6) is 1.91. The van der Waals surface area contributed by atoms with Crippen molar-refractivity contribution in [3.63, 3.8) is 0 Å². The van der Waals surface area contributed by atoms with Crippen molar-refractivity contribution in [3.05, 3.63) is 30.7 Å². The van der Waals surface area contributed by atoms with E-state index in [2.05, 4.69) is 22.1 Å². The molecule has 7 heteroatoms. The normalized spacial score (nSPS) is 14.0. The topological polar surface area (TPSA) is 73.0 Å². The van der Waals surface area contributed by atoms with Crippen molar-refractivity contribution in [2.24, 2.45) is 0 Å². The Morgan fingerprint density at radius 1 is 1.59 bits per heavy atom. The van der Waals surface area contributed by atoms with E-state index in [1.54, 1.807) is 12.3 Å². The van der Waals surface area contributed by atoms with Crippen LogP contribution in [0, 0.1) is 6.92 Å². The average molecular weight is 318 g/mol. The molecule has 0 unspecified atom stereocenters. The van der Waals surface area contributed by atoms with E-state index in [0.29, 0.717) is 23.5 Å². The monoisotopic (exact) mass is 318 g/mol. The molecule has 2 heterocycles. The lowest BCUT2D eigenvalue weighted by molar-refractivity contribution is -0.118. The largest absolute Gasteiger partial charge is 0.469 e. The van der Waals surface area contributed by atoms with Gasteiger partial charge in [-0.15, -0.1) is 16.8 Å². The van der Waals surface area contributed by atoms with E-state index in [0.717, 1.165) is 30.0 Å². The summed E-state index contributed by atoms with van der Waals surface area (Å²) in [4.78, 5) is 11.8. The van der Waals surface area contributed by atoms with Gasteiger partial charge in [0.2, 0.25) is 5.91 Å². The number of carbonyl (C=O) groups excluding carboxylic acids is 1. The fourth-order valence-electron chi connectivity index (χ4n) is 2.13. The van der Waals surface area contributed by atoms with Crippen molar-refractivity contribution in [1.29, 1.82) is 0 Å². The quantitative estimate of drug-likeness (QED) is 0.627. The summed E-state index contributed by atoms with van der Waals surface area (Å²) in [5, 5.41) is 12.1. The van der Waals surface area contributed by atoms with Crippen LogP contribution in [0.5, 0.6) is 0 Å². The summed E-state index contributed by atoms with van der Waals surface area (Å²) in [7, 11) is 0. The van der Waals surface area contributed by atoms with Gasteiger partial charge in [0.25, 0.3) is 0 Å². The van der Waals surface area contributed by atoms with E-state index in [4.69, 9.17) is 4.42 Å². The zero-order chi connectivity index (χ0) is 15.5. The van der Waals surface area contributed by atoms with E-state index in [1.807, 2.05) is 17.6 Å². The molecular formula is C15H18N4O2S. The SMILES string of the molecule is C=CCn1c(SCC(=O)NC2CC2)nnc1-c1ccoc1C. The zero-order valence-electron chi connectivity index (χ0n) is 12.4. The number of hydrogen-bond acceptors (Lipinski definition) is 5. The van der Waals surface area contributed by atoms with Crippen molar-refractivity contribution in [1.82, 2.24) is 20.1 Å². The maximum absolute atomic E-state index is 11.8. The predicted octanol–water partition coefficient (Wildman–Crippen LogP) is 2.40. The molecule has 1 amide bonds. The molecule has 0 aliphatic heterocycles. The molecule has 0 radical (unpaired) electrons. The molecule has 3 rings (SSSR count). The second-order valence-corrected chi connectivity index (χ2v) is 6.17. The van der Waals surface area contributed by atoms with Gasteiger partial charge in [0.1, 0.15) is 5.76 Å². The van der Waals surface area contributed by atoms with Gasteiger partial charge in [-0.3, -0.25) is 9.36 Å². The van der Waals surface area contributed by atoms with Crippen LogP contribution < -0.4 is 5.32 Å². The van der Waals surface area contributed by atoms with Crippen LogP contribution in [0.2, 0.25) is 0 Å². The van der Waals surface area contributed by atoms with Gasteiger partial charge in [-0.05, 0) is 25.8 Å². The van der Waals surface area contributed by atoms with Crippen LogP contribution in [0.3, 0.4) is 0 Å². The highest BCUT2D eigenvalue weighted by molar-refractivity contribution is 7.99. The highest BCUT2D eigenvalue weighted by Crippen LogP contribution is 2.27. The summed E-state index contributed by atoms with van der Waals surface area (Å²) in [6.45, 7) is 6.25.